The number of halogens is 3. The van der Waals surface area contributed by atoms with Crippen molar-refractivity contribution >= 4 is 22.6 Å². The molecule has 0 bridgehead atoms. The van der Waals surface area contributed by atoms with Gasteiger partial charge in [-0.1, -0.05) is 6.07 Å². The van der Waals surface area contributed by atoms with Crippen LogP contribution in [0.25, 0.3) is 11.0 Å². The summed E-state index contributed by atoms with van der Waals surface area (Å²) in [6, 6.07) is 9.76. The molecular weight excluding hydrogens is 387 g/mol. The summed E-state index contributed by atoms with van der Waals surface area (Å²) in [5, 5.41) is 2.47. The Bertz CT molecular complexity index is 1150. The molecule has 3 aromatic rings. The zero-order valence-electron chi connectivity index (χ0n) is 15.1. The van der Waals surface area contributed by atoms with Crippen LogP contribution in [-0.2, 0) is 23.8 Å². The summed E-state index contributed by atoms with van der Waals surface area (Å²) in [4.78, 5) is 23.6. The molecule has 0 unspecified atom stereocenters. The van der Waals surface area contributed by atoms with Crippen molar-refractivity contribution in [1.82, 2.24) is 0 Å². The van der Waals surface area contributed by atoms with Gasteiger partial charge in [-0.05, 0) is 54.7 Å². The van der Waals surface area contributed by atoms with Crippen molar-refractivity contribution in [2.24, 2.45) is 0 Å². The van der Waals surface area contributed by atoms with Gasteiger partial charge in [-0.2, -0.15) is 13.2 Å². The Morgan fingerprint density at radius 3 is 2.66 bits per heavy atom. The molecule has 1 amide bonds. The molecular formula is C21H16F3NO4. The molecule has 150 valence electrons. The number of carbonyl (C=O) groups excluding carboxylic acids is 1. The number of nitrogens with one attached hydrogen (secondary N) is 1. The van der Waals surface area contributed by atoms with E-state index in [4.69, 9.17) is 9.15 Å². The zero-order chi connectivity index (χ0) is 20.6. The van der Waals surface area contributed by atoms with Gasteiger partial charge < -0.3 is 14.5 Å². The molecule has 0 saturated heterocycles. The molecule has 1 aliphatic carbocycles. The Morgan fingerprint density at radius 2 is 1.86 bits per heavy atom. The molecule has 0 atom stereocenters. The molecule has 1 heterocycles. The van der Waals surface area contributed by atoms with Crippen LogP contribution < -0.4 is 15.7 Å². The van der Waals surface area contributed by atoms with Crippen LogP contribution in [-0.4, -0.2) is 12.5 Å². The second-order valence-electron chi connectivity index (χ2n) is 6.81. The summed E-state index contributed by atoms with van der Waals surface area (Å²) in [6.45, 7) is -0.341. The number of amides is 1. The zero-order valence-corrected chi connectivity index (χ0v) is 15.1. The summed E-state index contributed by atoms with van der Waals surface area (Å²) in [5.74, 6) is -0.294. The Kier molecular flexibility index (Phi) is 4.77. The van der Waals surface area contributed by atoms with Crippen LogP contribution in [0.15, 0.2) is 51.7 Å². The van der Waals surface area contributed by atoms with Gasteiger partial charge in [0.15, 0.2) is 6.61 Å². The van der Waals surface area contributed by atoms with Crippen molar-refractivity contribution in [3.8, 4) is 5.75 Å². The molecule has 29 heavy (non-hydrogen) atoms. The molecule has 0 radical (unpaired) electrons. The quantitative estimate of drug-likeness (QED) is 0.659. The minimum absolute atomic E-state index is 0.115. The maximum Gasteiger partial charge on any atom is 0.417 e. The molecule has 1 aliphatic rings. The lowest BCUT2D eigenvalue weighted by Gasteiger charge is -2.11. The van der Waals surface area contributed by atoms with Gasteiger partial charge in [0, 0.05) is 23.2 Å². The van der Waals surface area contributed by atoms with Gasteiger partial charge in [0.25, 0.3) is 5.91 Å². The van der Waals surface area contributed by atoms with E-state index in [9.17, 15) is 22.8 Å². The Balaban J connectivity index is 1.47. The third kappa shape index (κ3) is 4.11. The number of aryl methyl sites for hydroxylation is 2. The first-order valence-electron chi connectivity index (χ1n) is 8.99. The van der Waals surface area contributed by atoms with Crippen molar-refractivity contribution < 1.29 is 27.1 Å². The lowest BCUT2D eigenvalue weighted by molar-refractivity contribution is -0.136. The molecule has 0 saturated carbocycles. The van der Waals surface area contributed by atoms with Crippen molar-refractivity contribution in [3.05, 3.63) is 69.6 Å². The number of benzene rings is 2. The third-order valence-corrected chi connectivity index (χ3v) is 4.77. The van der Waals surface area contributed by atoms with Crippen LogP contribution in [0.1, 0.15) is 23.1 Å². The number of carbonyl (C=O) groups is 1. The van der Waals surface area contributed by atoms with Crippen LogP contribution in [0.4, 0.5) is 18.9 Å². The number of hydrogen-bond donors (Lipinski definition) is 1. The lowest BCUT2D eigenvalue weighted by Crippen LogP contribution is -2.20. The average Bonchev–Trinajstić information content (AvgIpc) is 3.12. The van der Waals surface area contributed by atoms with Crippen LogP contribution >= 0.6 is 0 Å². The molecule has 0 aliphatic heterocycles. The number of anilines is 1. The van der Waals surface area contributed by atoms with Gasteiger partial charge in [0.1, 0.15) is 11.3 Å². The number of fused-ring (bicyclic) bond motifs is 2. The van der Waals surface area contributed by atoms with E-state index in [-0.39, 0.29) is 23.3 Å². The molecule has 1 N–H and O–H groups in total. The molecule has 0 spiro atoms. The van der Waals surface area contributed by atoms with Gasteiger partial charge in [-0.15, -0.1) is 0 Å². The van der Waals surface area contributed by atoms with E-state index < -0.39 is 23.3 Å². The second kappa shape index (κ2) is 7.27. The van der Waals surface area contributed by atoms with Gasteiger partial charge in [-0.3, -0.25) is 4.79 Å². The lowest BCUT2D eigenvalue weighted by atomic mass is 10.1. The highest BCUT2D eigenvalue weighted by Crippen LogP contribution is 2.34. The van der Waals surface area contributed by atoms with Crippen LogP contribution in [0.2, 0.25) is 0 Å². The third-order valence-electron chi connectivity index (χ3n) is 4.77. The number of alkyl halides is 3. The summed E-state index contributed by atoms with van der Waals surface area (Å²) in [7, 11) is 0. The second-order valence-corrected chi connectivity index (χ2v) is 6.81. The highest BCUT2D eigenvalue weighted by molar-refractivity contribution is 5.92. The van der Waals surface area contributed by atoms with Crippen molar-refractivity contribution in [3.63, 3.8) is 0 Å². The summed E-state index contributed by atoms with van der Waals surface area (Å²) >= 11 is 0. The smallest absolute Gasteiger partial charge is 0.417 e. The summed E-state index contributed by atoms with van der Waals surface area (Å²) in [6.07, 6.45) is -1.56. The highest BCUT2D eigenvalue weighted by Gasteiger charge is 2.33. The Morgan fingerprint density at radius 1 is 1.07 bits per heavy atom. The van der Waals surface area contributed by atoms with E-state index in [2.05, 4.69) is 5.32 Å². The van der Waals surface area contributed by atoms with E-state index >= 15 is 0 Å². The standard InChI is InChI=1S/C21H16F3NO4/c22-21(23,24)17-10-20(27)29-18-9-15(6-7-16(17)18)28-11-19(26)25-14-5-4-12-2-1-3-13(12)8-14/h4-10H,1-3,11H2,(H,25,26). The van der Waals surface area contributed by atoms with Crippen molar-refractivity contribution in [2.45, 2.75) is 25.4 Å². The predicted molar refractivity (Wildman–Crippen MR) is 100 cm³/mol. The Labute approximate surface area is 163 Å². The highest BCUT2D eigenvalue weighted by atomic mass is 19.4. The minimum Gasteiger partial charge on any atom is -0.484 e. The summed E-state index contributed by atoms with van der Waals surface area (Å²) < 4.78 is 49.4. The molecule has 4 rings (SSSR count). The molecule has 1 aromatic heterocycles. The topological polar surface area (TPSA) is 68.5 Å². The first kappa shape index (κ1) is 19.0. The number of ether oxygens (including phenoxy) is 1. The summed E-state index contributed by atoms with van der Waals surface area (Å²) in [5.41, 5.74) is 0.713. The largest absolute Gasteiger partial charge is 0.484 e. The normalized spacial score (nSPS) is 13.3. The van der Waals surface area contributed by atoms with Gasteiger partial charge in [-0.25, -0.2) is 4.79 Å². The van der Waals surface area contributed by atoms with Crippen LogP contribution in [0, 0.1) is 0 Å². The first-order chi connectivity index (χ1) is 13.8. The minimum atomic E-state index is -4.69. The van der Waals surface area contributed by atoms with Gasteiger partial charge in [0.05, 0.1) is 5.56 Å². The molecule has 2 aromatic carbocycles. The van der Waals surface area contributed by atoms with E-state index in [1.807, 2.05) is 18.2 Å². The van der Waals surface area contributed by atoms with E-state index in [0.29, 0.717) is 11.8 Å². The molecule has 5 nitrogen and oxygen atoms in total. The van der Waals surface area contributed by atoms with Crippen LogP contribution in [0.5, 0.6) is 5.75 Å². The first-order valence-corrected chi connectivity index (χ1v) is 8.99. The number of rotatable bonds is 4. The fourth-order valence-corrected chi connectivity index (χ4v) is 3.46. The predicted octanol–water partition coefficient (Wildman–Crippen LogP) is 4.32. The fourth-order valence-electron chi connectivity index (χ4n) is 3.46. The Hall–Kier alpha value is -3.29. The van der Waals surface area contributed by atoms with Crippen molar-refractivity contribution in [1.29, 1.82) is 0 Å². The molecule has 0 fully saturated rings. The SMILES string of the molecule is O=C(COc1ccc2c(C(F)(F)F)cc(=O)oc2c1)Nc1ccc2c(c1)CCC2. The average molecular weight is 403 g/mol. The van der Waals surface area contributed by atoms with E-state index in [1.165, 1.54) is 17.2 Å². The number of hydrogen-bond acceptors (Lipinski definition) is 4. The van der Waals surface area contributed by atoms with Gasteiger partial charge >= 0.3 is 11.8 Å². The van der Waals surface area contributed by atoms with E-state index in [0.717, 1.165) is 31.4 Å². The molecule has 8 heteroatoms. The maximum absolute atomic E-state index is 13.1. The van der Waals surface area contributed by atoms with Crippen LogP contribution in [0.3, 0.4) is 0 Å². The fraction of sp³-hybridized carbons (Fsp3) is 0.238. The monoisotopic (exact) mass is 403 g/mol. The van der Waals surface area contributed by atoms with Crippen molar-refractivity contribution in [2.75, 3.05) is 11.9 Å². The van der Waals surface area contributed by atoms with Gasteiger partial charge in [0.2, 0.25) is 0 Å². The maximum atomic E-state index is 13.1. The van der Waals surface area contributed by atoms with E-state index in [1.54, 1.807) is 0 Å².